The molecule has 1 atom stereocenters. The number of anilines is 1. The van der Waals surface area contributed by atoms with E-state index < -0.39 is 6.17 Å². The number of aromatic nitrogens is 4. The Bertz CT molecular complexity index is 1290. The lowest BCUT2D eigenvalue weighted by Crippen LogP contribution is -2.22. The van der Waals surface area contributed by atoms with Crippen LogP contribution in [0.25, 0.3) is 22.1 Å². The number of H-pyrrole nitrogens is 1. The van der Waals surface area contributed by atoms with Crippen LogP contribution in [-0.4, -0.2) is 45.8 Å². The summed E-state index contributed by atoms with van der Waals surface area (Å²) in [5, 5.41) is 6.11. The molecule has 170 valence electrons. The Morgan fingerprint density at radius 3 is 2.97 bits per heavy atom. The molecule has 0 amide bonds. The summed E-state index contributed by atoms with van der Waals surface area (Å²) in [5.41, 5.74) is 3.04. The molecule has 3 aromatic heterocycles. The van der Waals surface area contributed by atoms with Gasteiger partial charge in [-0.25, -0.2) is 23.7 Å². The van der Waals surface area contributed by atoms with E-state index in [2.05, 4.69) is 35.6 Å². The van der Waals surface area contributed by atoms with Crippen molar-refractivity contribution in [3.8, 4) is 0 Å². The maximum atomic E-state index is 14.8. The molecular weight excluding hydrogens is 428 g/mol. The van der Waals surface area contributed by atoms with Crippen molar-refractivity contribution in [2.24, 2.45) is 4.99 Å². The number of imidazole rings is 1. The van der Waals surface area contributed by atoms with Crippen LogP contribution in [-0.2, 0) is 6.42 Å². The highest BCUT2D eigenvalue weighted by molar-refractivity contribution is 5.84. The number of alkyl halides is 1. The van der Waals surface area contributed by atoms with E-state index in [0.29, 0.717) is 48.4 Å². The highest BCUT2D eigenvalue weighted by atomic mass is 19.1. The molecule has 0 radical (unpaired) electrons. The molecule has 0 saturated heterocycles. The summed E-state index contributed by atoms with van der Waals surface area (Å²) in [6.07, 6.45) is 3.38. The molecular formula is C23H23F2N7O. The normalized spacial score (nSPS) is 15.0. The Morgan fingerprint density at radius 1 is 1.18 bits per heavy atom. The molecule has 1 aliphatic heterocycles. The minimum Gasteiger partial charge on any atom is -0.437 e. The van der Waals surface area contributed by atoms with Crippen LogP contribution in [0.5, 0.6) is 0 Å². The van der Waals surface area contributed by atoms with E-state index in [0.717, 1.165) is 16.9 Å². The van der Waals surface area contributed by atoms with Crippen molar-refractivity contribution in [3.05, 3.63) is 59.8 Å². The van der Waals surface area contributed by atoms with E-state index >= 15 is 0 Å². The zero-order chi connectivity index (χ0) is 22.6. The summed E-state index contributed by atoms with van der Waals surface area (Å²) < 4.78 is 34.3. The van der Waals surface area contributed by atoms with E-state index in [-0.39, 0.29) is 24.8 Å². The molecule has 0 unspecified atom stereocenters. The van der Waals surface area contributed by atoms with Gasteiger partial charge in [0, 0.05) is 44.4 Å². The van der Waals surface area contributed by atoms with Gasteiger partial charge in [0.05, 0.1) is 23.3 Å². The zero-order valence-corrected chi connectivity index (χ0v) is 17.8. The predicted octanol–water partition coefficient (Wildman–Crippen LogP) is 4.40. The van der Waals surface area contributed by atoms with Gasteiger partial charge < -0.3 is 20.0 Å². The number of para-hydroxylation sites is 2. The number of rotatable bonds is 9. The van der Waals surface area contributed by atoms with Crippen LogP contribution < -0.4 is 10.6 Å². The van der Waals surface area contributed by atoms with Crippen LogP contribution in [0, 0.1) is 0 Å². The summed E-state index contributed by atoms with van der Waals surface area (Å²) in [5.74, 6) is 0.971. The van der Waals surface area contributed by atoms with E-state index in [4.69, 9.17) is 4.42 Å². The van der Waals surface area contributed by atoms with Crippen LogP contribution in [0.3, 0.4) is 0 Å². The second-order valence-electron chi connectivity index (χ2n) is 7.74. The van der Waals surface area contributed by atoms with Crippen LogP contribution in [0.4, 0.5) is 14.6 Å². The fourth-order valence-electron chi connectivity index (χ4n) is 3.67. The number of allylic oxidation sites excluding steroid dienone is 1. The monoisotopic (exact) mass is 451 g/mol. The van der Waals surface area contributed by atoms with Crippen molar-refractivity contribution >= 4 is 34.2 Å². The molecule has 1 aromatic carbocycles. The molecule has 1 aliphatic rings. The summed E-state index contributed by atoms with van der Waals surface area (Å²) in [6.45, 7) is 0.769. The van der Waals surface area contributed by atoms with Crippen molar-refractivity contribution in [3.63, 3.8) is 0 Å². The Balaban J connectivity index is 1.18. The molecule has 0 fully saturated rings. The molecule has 4 heterocycles. The first-order chi connectivity index (χ1) is 16.2. The molecule has 8 nitrogen and oxygen atoms in total. The van der Waals surface area contributed by atoms with Gasteiger partial charge in [-0.15, -0.1) is 0 Å². The maximum Gasteiger partial charge on any atom is 0.231 e. The van der Waals surface area contributed by atoms with E-state index in [1.807, 2.05) is 24.3 Å². The Labute approximate surface area is 188 Å². The van der Waals surface area contributed by atoms with Gasteiger partial charge in [0.2, 0.25) is 5.89 Å². The molecule has 0 saturated carbocycles. The standard InChI is InChI=1S/C23H23F2N7O/c24-14-4-3-9-27-18(14)13-29-22-21-19(7-11-28-22)33-23(32-21)15(25)12-26-10-8-20-30-16-5-1-2-6-17(16)31-20/h1-2,5-7,9,11,15,26H,3-4,8,10,12-13H2,(H,28,29)(H,30,31)/t15-/m1/s1. The molecule has 0 spiro atoms. The van der Waals surface area contributed by atoms with Crippen molar-refractivity contribution in [2.75, 3.05) is 25.0 Å². The lowest BCUT2D eigenvalue weighted by molar-refractivity contribution is 0.273. The first-order valence-corrected chi connectivity index (χ1v) is 10.8. The first kappa shape index (κ1) is 21.2. The number of aromatic amines is 1. The fourth-order valence-corrected chi connectivity index (χ4v) is 3.67. The van der Waals surface area contributed by atoms with Gasteiger partial charge in [-0.05, 0) is 18.6 Å². The number of pyridine rings is 1. The lowest BCUT2D eigenvalue weighted by Gasteiger charge is -2.10. The highest BCUT2D eigenvalue weighted by Crippen LogP contribution is 2.27. The van der Waals surface area contributed by atoms with Crippen molar-refractivity contribution in [1.82, 2.24) is 25.3 Å². The van der Waals surface area contributed by atoms with Gasteiger partial charge in [0.15, 0.2) is 23.1 Å². The third kappa shape index (κ3) is 4.75. The molecule has 5 rings (SSSR count). The second kappa shape index (κ2) is 9.45. The van der Waals surface area contributed by atoms with Crippen molar-refractivity contribution in [1.29, 1.82) is 0 Å². The van der Waals surface area contributed by atoms with E-state index in [1.165, 1.54) is 6.20 Å². The Hall–Kier alpha value is -3.66. The average Bonchev–Trinajstić information content (AvgIpc) is 3.45. The minimum absolute atomic E-state index is 0.0293. The number of fused-ring (bicyclic) bond motifs is 2. The van der Waals surface area contributed by atoms with Gasteiger partial charge in [0.1, 0.15) is 11.7 Å². The van der Waals surface area contributed by atoms with Gasteiger partial charge in [-0.1, -0.05) is 12.1 Å². The minimum atomic E-state index is -1.43. The number of nitrogens with zero attached hydrogens (tertiary/aromatic N) is 4. The average molecular weight is 451 g/mol. The number of hydrogen-bond acceptors (Lipinski definition) is 7. The fraction of sp³-hybridized carbons (Fsp3) is 0.304. The van der Waals surface area contributed by atoms with Crippen molar-refractivity contribution in [2.45, 2.75) is 25.4 Å². The molecule has 4 aromatic rings. The molecule has 33 heavy (non-hydrogen) atoms. The summed E-state index contributed by atoms with van der Waals surface area (Å²) >= 11 is 0. The Morgan fingerprint density at radius 2 is 2.09 bits per heavy atom. The van der Waals surface area contributed by atoms with Gasteiger partial charge in [0.25, 0.3) is 0 Å². The van der Waals surface area contributed by atoms with Gasteiger partial charge in [-0.3, -0.25) is 4.99 Å². The van der Waals surface area contributed by atoms with E-state index in [1.54, 1.807) is 12.3 Å². The summed E-state index contributed by atoms with van der Waals surface area (Å²) in [7, 11) is 0. The topological polar surface area (TPSA) is 104 Å². The van der Waals surface area contributed by atoms with Crippen LogP contribution in [0.1, 0.15) is 30.7 Å². The SMILES string of the molecule is FC1=C(CNc2nccc3oc([C@H](F)CNCCc4nc5ccccc5[nH]4)nc23)N=CCC1. The molecule has 0 bridgehead atoms. The first-order valence-electron chi connectivity index (χ1n) is 10.8. The van der Waals surface area contributed by atoms with Crippen molar-refractivity contribution < 1.29 is 13.2 Å². The number of aliphatic imine (C=N–C) groups is 1. The number of hydrogen-bond donors (Lipinski definition) is 3. The second-order valence-corrected chi connectivity index (χ2v) is 7.74. The largest absolute Gasteiger partial charge is 0.437 e. The quantitative estimate of drug-likeness (QED) is 0.326. The predicted molar refractivity (Wildman–Crippen MR) is 123 cm³/mol. The van der Waals surface area contributed by atoms with Crippen LogP contribution >= 0.6 is 0 Å². The van der Waals surface area contributed by atoms with E-state index in [9.17, 15) is 8.78 Å². The highest BCUT2D eigenvalue weighted by Gasteiger charge is 2.19. The molecule has 3 N–H and O–H groups in total. The molecule has 10 heteroatoms. The Kier molecular flexibility index (Phi) is 6.07. The lowest BCUT2D eigenvalue weighted by atomic mass is 10.2. The van der Waals surface area contributed by atoms with Gasteiger partial charge in [-0.2, -0.15) is 0 Å². The summed E-state index contributed by atoms with van der Waals surface area (Å²) in [4.78, 5) is 20.4. The molecule has 0 aliphatic carbocycles. The van der Waals surface area contributed by atoms with Gasteiger partial charge >= 0.3 is 0 Å². The number of halogens is 2. The summed E-state index contributed by atoms with van der Waals surface area (Å²) in [6, 6.07) is 9.43. The number of oxazole rings is 1. The maximum absolute atomic E-state index is 14.8. The zero-order valence-electron chi connectivity index (χ0n) is 17.8. The number of benzene rings is 1. The third-order valence-electron chi connectivity index (χ3n) is 5.37. The smallest absolute Gasteiger partial charge is 0.231 e. The third-order valence-corrected chi connectivity index (χ3v) is 5.37. The van der Waals surface area contributed by atoms with Crippen LogP contribution in [0.15, 0.2) is 57.5 Å². The number of nitrogens with one attached hydrogen (secondary N) is 3. The van der Waals surface area contributed by atoms with Crippen LogP contribution in [0.2, 0.25) is 0 Å².